The van der Waals surface area contributed by atoms with Crippen LogP contribution in [0.4, 0.5) is 0 Å². The van der Waals surface area contributed by atoms with E-state index >= 15 is 0 Å². The Bertz CT molecular complexity index is 662. The van der Waals surface area contributed by atoms with E-state index in [2.05, 4.69) is 52.4 Å². The first-order valence-corrected chi connectivity index (χ1v) is 8.23. The number of rotatable bonds is 3. The monoisotopic (exact) mass is 367 g/mol. The molecule has 0 aliphatic heterocycles. The molecule has 0 saturated heterocycles. The van der Waals surface area contributed by atoms with Crippen molar-refractivity contribution < 1.29 is 4.74 Å². The molecule has 0 unspecified atom stereocenters. The SMILES string of the molecule is C(=Cc1ccccc1)c1ccccc1.COc1ccc([Se])cc1. The van der Waals surface area contributed by atoms with Gasteiger partial charge in [0.15, 0.2) is 0 Å². The summed E-state index contributed by atoms with van der Waals surface area (Å²) in [6.45, 7) is 0. The maximum absolute atomic E-state index is 4.96. The van der Waals surface area contributed by atoms with Crippen LogP contribution in [0.1, 0.15) is 11.1 Å². The average Bonchev–Trinajstić information content (AvgIpc) is 2.63. The van der Waals surface area contributed by atoms with Gasteiger partial charge in [-0.15, -0.1) is 0 Å². The summed E-state index contributed by atoms with van der Waals surface area (Å²) < 4.78 is 6.09. The second kappa shape index (κ2) is 9.68. The molecule has 3 rings (SSSR count). The van der Waals surface area contributed by atoms with E-state index in [1.165, 1.54) is 11.1 Å². The van der Waals surface area contributed by atoms with Crippen LogP contribution in [0.3, 0.4) is 0 Å². The Morgan fingerprint density at radius 3 is 1.48 bits per heavy atom. The van der Waals surface area contributed by atoms with Gasteiger partial charge in [0.2, 0.25) is 0 Å². The van der Waals surface area contributed by atoms with Gasteiger partial charge in [-0.2, -0.15) is 0 Å². The van der Waals surface area contributed by atoms with E-state index in [4.69, 9.17) is 4.74 Å². The third-order valence-corrected chi connectivity index (χ3v) is 3.70. The second-order valence-electron chi connectivity index (χ2n) is 4.83. The second-order valence-corrected chi connectivity index (χ2v) is 5.82. The predicted molar refractivity (Wildman–Crippen MR) is 100 cm³/mol. The Hall–Kier alpha value is -2.28. The fourth-order valence-electron chi connectivity index (χ4n) is 1.90. The van der Waals surface area contributed by atoms with Crippen LogP contribution in [-0.4, -0.2) is 23.1 Å². The molecule has 115 valence electrons. The third-order valence-electron chi connectivity index (χ3n) is 3.13. The van der Waals surface area contributed by atoms with Crippen LogP contribution in [0.5, 0.6) is 5.75 Å². The molecule has 0 spiro atoms. The zero-order valence-electron chi connectivity index (χ0n) is 13.1. The van der Waals surface area contributed by atoms with Gasteiger partial charge in [-0.05, 0) is 11.1 Å². The minimum absolute atomic E-state index is 0.897. The van der Waals surface area contributed by atoms with Gasteiger partial charge in [-0.1, -0.05) is 72.8 Å². The van der Waals surface area contributed by atoms with Gasteiger partial charge in [0, 0.05) is 0 Å². The number of hydrogen-bond donors (Lipinski definition) is 0. The molecular weight excluding hydrogens is 347 g/mol. The normalized spacial score (nSPS) is 9.96. The summed E-state index contributed by atoms with van der Waals surface area (Å²) in [5.41, 5.74) is 2.47. The summed E-state index contributed by atoms with van der Waals surface area (Å²) >= 11 is 2.90. The number of hydrogen-bond acceptors (Lipinski definition) is 1. The minimum atomic E-state index is 0.897. The Morgan fingerprint density at radius 2 is 1.09 bits per heavy atom. The molecule has 2 heteroatoms. The van der Waals surface area contributed by atoms with Gasteiger partial charge in [-0.3, -0.25) is 0 Å². The van der Waals surface area contributed by atoms with Crippen molar-refractivity contribution in [1.29, 1.82) is 0 Å². The van der Waals surface area contributed by atoms with Crippen molar-refractivity contribution in [3.8, 4) is 5.75 Å². The summed E-state index contributed by atoms with van der Waals surface area (Å²) in [7, 11) is 1.66. The van der Waals surface area contributed by atoms with Crippen LogP contribution in [0.15, 0.2) is 84.9 Å². The first-order valence-electron chi connectivity index (χ1n) is 7.37. The molecule has 0 fully saturated rings. The van der Waals surface area contributed by atoms with Gasteiger partial charge < -0.3 is 0 Å². The summed E-state index contributed by atoms with van der Waals surface area (Å²) in [6, 6.07) is 28.4. The molecule has 0 aliphatic rings. The molecule has 0 heterocycles. The van der Waals surface area contributed by atoms with Crippen LogP contribution < -0.4 is 9.20 Å². The van der Waals surface area contributed by atoms with E-state index in [1.54, 1.807) is 7.11 Å². The zero-order chi connectivity index (χ0) is 16.3. The van der Waals surface area contributed by atoms with Gasteiger partial charge >= 0.3 is 62.3 Å². The van der Waals surface area contributed by atoms with E-state index in [-0.39, 0.29) is 0 Å². The molecule has 1 radical (unpaired) electrons. The fraction of sp³-hybridized carbons (Fsp3) is 0.0476. The predicted octanol–water partition coefficient (Wildman–Crippen LogP) is 4.35. The van der Waals surface area contributed by atoms with E-state index in [0.29, 0.717) is 0 Å². The van der Waals surface area contributed by atoms with E-state index in [0.717, 1.165) is 10.2 Å². The van der Waals surface area contributed by atoms with Gasteiger partial charge in [-0.25, -0.2) is 0 Å². The molecule has 3 aromatic carbocycles. The first-order chi connectivity index (χ1) is 11.3. The molecule has 1 nitrogen and oxygen atoms in total. The molecule has 23 heavy (non-hydrogen) atoms. The van der Waals surface area contributed by atoms with Gasteiger partial charge in [0.05, 0.1) is 0 Å². The van der Waals surface area contributed by atoms with Crippen LogP contribution >= 0.6 is 0 Å². The van der Waals surface area contributed by atoms with Gasteiger partial charge in [0.1, 0.15) is 0 Å². The Morgan fingerprint density at radius 1 is 0.652 bits per heavy atom. The van der Waals surface area contributed by atoms with Crippen molar-refractivity contribution >= 4 is 32.6 Å². The zero-order valence-corrected chi connectivity index (χ0v) is 14.8. The van der Waals surface area contributed by atoms with Crippen molar-refractivity contribution in [2.24, 2.45) is 0 Å². The quantitative estimate of drug-likeness (QED) is 0.495. The number of benzene rings is 3. The van der Waals surface area contributed by atoms with Crippen molar-refractivity contribution in [3.63, 3.8) is 0 Å². The topological polar surface area (TPSA) is 9.23 Å². The number of methoxy groups -OCH3 is 1. The molecule has 0 atom stereocenters. The van der Waals surface area contributed by atoms with E-state index in [9.17, 15) is 0 Å². The Labute approximate surface area is 146 Å². The van der Waals surface area contributed by atoms with Crippen molar-refractivity contribution in [3.05, 3.63) is 96.1 Å². The van der Waals surface area contributed by atoms with Crippen LogP contribution in [0, 0.1) is 0 Å². The van der Waals surface area contributed by atoms with Crippen LogP contribution in [0.25, 0.3) is 12.2 Å². The molecule has 0 aliphatic carbocycles. The summed E-state index contributed by atoms with van der Waals surface area (Å²) in [5.74, 6) is 0.897. The van der Waals surface area contributed by atoms with Gasteiger partial charge in [0.25, 0.3) is 0 Å². The summed E-state index contributed by atoms with van der Waals surface area (Å²) in [6.07, 6.45) is 4.24. The summed E-state index contributed by atoms with van der Waals surface area (Å²) in [4.78, 5) is 0. The van der Waals surface area contributed by atoms with Crippen molar-refractivity contribution in [1.82, 2.24) is 0 Å². The van der Waals surface area contributed by atoms with Crippen molar-refractivity contribution in [2.75, 3.05) is 7.11 Å². The Kier molecular flexibility index (Phi) is 7.19. The third kappa shape index (κ3) is 6.56. The molecule has 0 aromatic heterocycles. The molecule has 0 N–H and O–H groups in total. The fourth-order valence-corrected chi connectivity index (χ4v) is 2.18. The molecule has 0 bridgehead atoms. The molecular formula is C21H19OSe. The molecule has 0 amide bonds. The van der Waals surface area contributed by atoms with Crippen LogP contribution in [-0.2, 0) is 0 Å². The Balaban J connectivity index is 0.000000185. The van der Waals surface area contributed by atoms with Crippen molar-refractivity contribution in [2.45, 2.75) is 0 Å². The number of ether oxygens (including phenoxy) is 1. The standard InChI is InChI=1S/C14H12.C7H7OSe/c1-3-7-13(8-4-1)11-12-14-9-5-2-6-10-14;1-8-6-2-4-7(9)5-3-6/h1-12H;2-5H,1H3. The van der Waals surface area contributed by atoms with E-state index in [1.807, 2.05) is 60.7 Å². The molecule has 3 aromatic rings. The average molecular weight is 366 g/mol. The first kappa shape index (κ1) is 17.1. The maximum atomic E-state index is 4.96. The van der Waals surface area contributed by atoms with Crippen LogP contribution in [0.2, 0.25) is 0 Å². The summed E-state index contributed by atoms with van der Waals surface area (Å²) in [5, 5.41) is 0. The molecule has 0 saturated carbocycles. The van der Waals surface area contributed by atoms with E-state index < -0.39 is 0 Å².